The quantitative estimate of drug-likeness (QED) is 0.694. The average molecular weight is 294 g/mol. The van der Waals surface area contributed by atoms with Crippen LogP contribution in [0.1, 0.15) is 22.5 Å². The molecule has 0 radical (unpaired) electrons. The summed E-state index contributed by atoms with van der Waals surface area (Å²) in [5, 5.41) is 13.5. The van der Waals surface area contributed by atoms with Gasteiger partial charge in [0, 0.05) is 11.8 Å². The monoisotopic (exact) mass is 294 g/mol. The summed E-state index contributed by atoms with van der Waals surface area (Å²) in [4.78, 5) is 16.2. The maximum atomic E-state index is 13.8. The number of aromatic nitrogens is 3. The number of benzene rings is 1. The Balaban J connectivity index is 2.09. The maximum absolute atomic E-state index is 13.8. The molecule has 0 fully saturated rings. The highest BCUT2D eigenvalue weighted by atomic mass is 19.1. The largest absolute Gasteiger partial charge is 0.291 e. The molecule has 3 aromatic rings. The van der Waals surface area contributed by atoms with E-state index in [2.05, 4.69) is 10.1 Å². The first-order chi connectivity index (χ1) is 10.7. The number of Topliss-reactive ketones (excluding diaryl/α,β-unsaturated/α-hetero) is 1. The number of nitrogens with zero attached hydrogens (tertiary/aromatic N) is 4. The SMILES string of the molecule is N#CCC(=O)c1nn(Cc2ccccc2F)c2ncccc12. The highest BCUT2D eigenvalue weighted by Gasteiger charge is 2.18. The van der Waals surface area contributed by atoms with Gasteiger partial charge in [-0.05, 0) is 18.2 Å². The maximum Gasteiger partial charge on any atom is 0.197 e. The zero-order valence-corrected chi connectivity index (χ0v) is 11.5. The lowest BCUT2D eigenvalue weighted by molar-refractivity contribution is 0.0993. The van der Waals surface area contributed by atoms with Gasteiger partial charge in [0.25, 0.3) is 0 Å². The molecule has 6 heteroatoms. The zero-order valence-electron chi connectivity index (χ0n) is 11.5. The Kier molecular flexibility index (Phi) is 3.62. The molecule has 0 N–H and O–H groups in total. The summed E-state index contributed by atoms with van der Waals surface area (Å²) in [5.74, 6) is -0.709. The molecule has 5 nitrogen and oxygen atoms in total. The lowest BCUT2D eigenvalue weighted by Crippen LogP contribution is -2.06. The summed E-state index contributed by atoms with van der Waals surface area (Å²) in [5.41, 5.74) is 1.14. The molecule has 1 aromatic carbocycles. The predicted octanol–water partition coefficient (Wildman–Crippen LogP) is 2.72. The molecule has 0 aliphatic heterocycles. The Morgan fingerprint density at radius 2 is 2.09 bits per heavy atom. The first kappa shape index (κ1) is 13.9. The van der Waals surface area contributed by atoms with Crippen molar-refractivity contribution in [1.82, 2.24) is 14.8 Å². The van der Waals surface area contributed by atoms with E-state index in [0.717, 1.165) is 0 Å². The number of carbonyl (C=O) groups excluding carboxylic acids is 1. The van der Waals surface area contributed by atoms with Crippen LogP contribution in [0.4, 0.5) is 4.39 Å². The lowest BCUT2D eigenvalue weighted by atomic mass is 10.1. The highest BCUT2D eigenvalue weighted by Crippen LogP contribution is 2.19. The first-order valence-electron chi connectivity index (χ1n) is 6.66. The van der Waals surface area contributed by atoms with Crippen LogP contribution in [0.5, 0.6) is 0 Å². The van der Waals surface area contributed by atoms with E-state index < -0.39 is 0 Å². The molecular formula is C16H11FN4O. The van der Waals surface area contributed by atoms with Crippen molar-refractivity contribution in [2.75, 3.05) is 0 Å². The van der Waals surface area contributed by atoms with E-state index in [4.69, 9.17) is 5.26 Å². The van der Waals surface area contributed by atoms with Crippen LogP contribution in [-0.4, -0.2) is 20.5 Å². The summed E-state index contributed by atoms with van der Waals surface area (Å²) >= 11 is 0. The Bertz CT molecular complexity index is 895. The van der Waals surface area contributed by atoms with Crippen LogP contribution in [0.2, 0.25) is 0 Å². The van der Waals surface area contributed by atoms with Crippen molar-refractivity contribution in [3.63, 3.8) is 0 Å². The number of ketones is 1. The van der Waals surface area contributed by atoms with Gasteiger partial charge in [0.1, 0.15) is 17.9 Å². The molecule has 0 saturated heterocycles. The number of hydrogen-bond acceptors (Lipinski definition) is 4. The van der Waals surface area contributed by atoms with Gasteiger partial charge in [-0.2, -0.15) is 10.4 Å². The minimum Gasteiger partial charge on any atom is -0.291 e. The van der Waals surface area contributed by atoms with Crippen LogP contribution in [0.3, 0.4) is 0 Å². The van der Waals surface area contributed by atoms with Gasteiger partial charge in [0.15, 0.2) is 11.4 Å². The number of nitriles is 1. The zero-order chi connectivity index (χ0) is 15.5. The van der Waals surface area contributed by atoms with Crippen molar-refractivity contribution >= 4 is 16.8 Å². The minimum absolute atomic E-state index is 0.167. The Hall–Kier alpha value is -3.07. The van der Waals surface area contributed by atoms with Crippen LogP contribution in [-0.2, 0) is 6.54 Å². The molecule has 0 aliphatic carbocycles. The Morgan fingerprint density at radius 1 is 1.27 bits per heavy atom. The topological polar surface area (TPSA) is 71.6 Å². The van der Waals surface area contributed by atoms with Crippen molar-refractivity contribution in [3.8, 4) is 6.07 Å². The van der Waals surface area contributed by atoms with Crippen molar-refractivity contribution in [1.29, 1.82) is 5.26 Å². The fraction of sp³-hybridized carbons (Fsp3) is 0.125. The number of pyridine rings is 1. The standard InChI is InChI=1S/C16H11FN4O/c17-13-6-2-1-4-11(13)10-21-16-12(5-3-9-19-16)15(20-21)14(22)7-8-18/h1-6,9H,7,10H2. The van der Waals surface area contributed by atoms with Gasteiger partial charge in [-0.25, -0.2) is 14.1 Å². The number of fused-ring (bicyclic) bond motifs is 1. The summed E-state index contributed by atoms with van der Waals surface area (Å²) in [6.07, 6.45) is 1.33. The number of carbonyl (C=O) groups is 1. The molecule has 22 heavy (non-hydrogen) atoms. The summed E-state index contributed by atoms with van der Waals surface area (Å²) in [6.45, 7) is 0.167. The van der Waals surface area contributed by atoms with Gasteiger partial charge in [0.2, 0.25) is 0 Å². The van der Waals surface area contributed by atoms with E-state index in [-0.39, 0.29) is 30.3 Å². The predicted molar refractivity (Wildman–Crippen MR) is 77.6 cm³/mol. The second kappa shape index (κ2) is 5.74. The molecule has 0 saturated carbocycles. The van der Waals surface area contributed by atoms with Crippen molar-refractivity contribution in [2.45, 2.75) is 13.0 Å². The van der Waals surface area contributed by atoms with Gasteiger partial charge in [0.05, 0.1) is 18.0 Å². The first-order valence-corrected chi connectivity index (χ1v) is 6.66. The van der Waals surface area contributed by atoms with E-state index in [1.807, 2.05) is 6.07 Å². The van der Waals surface area contributed by atoms with Gasteiger partial charge in [-0.1, -0.05) is 18.2 Å². The third kappa shape index (κ3) is 2.44. The normalized spacial score (nSPS) is 10.5. The molecule has 0 unspecified atom stereocenters. The molecule has 0 spiro atoms. The highest BCUT2D eigenvalue weighted by molar-refractivity contribution is 6.06. The molecular weight excluding hydrogens is 283 g/mol. The third-order valence-electron chi connectivity index (χ3n) is 3.29. The third-order valence-corrected chi connectivity index (χ3v) is 3.29. The van der Waals surface area contributed by atoms with Crippen LogP contribution < -0.4 is 0 Å². The second-order valence-corrected chi connectivity index (χ2v) is 4.73. The fourth-order valence-electron chi connectivity index (χ4n) is 2.27. The average Bonchev–Trinajstić information content (AvgIpc) is 2.89. The van der Waals surface area contributed by atoms with Gasteiger partial charge in [-0.15, -0.1) is 0 Å². The van der Waals surface area contributed by atoms with E-state index in [0.29, 0.717) is 16.6 Å². The molecule has 0 aliphatic rings. The van der Waals surface area contributed by atoms with E-state index >= 15 is 0 Å². The van der Waals surface area contributed by atoms with E-state index in [1.54, 1.807) is 36.5 Å². The fourth-order valence-corrected chi connectivity index (χ4v) is 2.27. The molecule has 3 rings (SSSR count). The van der Waals surface area contributed by atoms with Crippen LogP contribution in [0, 0.1) is 17.1 Å². The number of rotatable bonds is 4. The van der Waals surface area contributed by atoms with Crippen LogP contribution >= 0.6 is 0 Å². The number of hydrogen-bond donors (Lipinski definition) is 0. The summed E-state index contributed by atoms with van der Waals surface area (Å²) < 4.78 is 15.3. The van der Waals surface area contributed by atoms with Gasteiger partial charge >= 0.3 is 0 Å². The summed E-state index contributed by atoms with van der Waals surface area (Å²) in [7, 11) is 0. The van der Waals surface area contributed by atoms with E-state index in [9.17, 15) is 9.18 Å². The van der Waals surface area contributed by atoms with Crippen LogP contribution in [0.15, 0.2) is 42.6 Å². The Morgan fingerprint density at radius 3 is 2.86 bits per heavy atom. The number of halogens is 1. The smallest absolute Gasteiger partial charge is 0.197 e. The van der Waals surface area contributed by atoms with Gasteiger partial charge < -0.3 is 0 Å². The summed E-state index contributed by atoms with van der Waals surface area (Å²) in [6, 6.07) is 11.6. The molecule has 2 aromatic heterocycles. The molecule has 0 amide bonds. The molecule has 108 valence electrons. The second-order valence-electron chi connectivity index (χ2n) is 4.73. The van der Waals surface area contributed by atoms with Crippen molar-refractivity contribution in [3.05, 3.63) is 59.7 Å². The van der Waals surface area contributed by atoms with Crippen LogP contribution in [0.25, 0.3) is 11.0 Å². The lowest BCUT2D eigenvalue weighted by Gasteiger charge is -2.04. The van der Waals surface area contributed by atoms with Crippen molar-refractivity contribution < 1.29 is 9.18 Å². The van der Waals surface area contributed by atoms with Gasteiger partial charge in [-0.3, -0.25) is 4.79 Å². The van der Waals surface area contributed by atoms with Crippen molar-refractivity contribution in [2.24, 2.45) is 0 Å². The molecule has 2 heterocycles. The minimum atomic E-state index is -0.368. The molecule has 0 bridgehead atoms. The molecule has 0 atom stereocenters. The Labute approximate surface area is 125 Å². The van der Waals surface area contributed by atoms with E-state index in [1.165, 1.54) is 10.7 Å².